The van der Waals surface area contributed by atoms with Gasteiger partial charge in [0.1, 0.15) is 29.8 Å². The Hall–Kier alpha value is -3.68. The second kappa shape index (κ2) is 7.97. The van der Waals surface area contributed by atoms with E-state index in [1.54, 1.807) is 6.92 Å². The number of carbonyl (C=O) groups is 1. The van der Waals surface area contributed by atoms with Crippen LogP contribution in [0.15, 0.2) is 41.1 Å². The molecule has 2 atom stereocenters. The summed E-state index contributed by atoms with van der Waals surface area (Å²) in [5.41, 5.74) is 5.55. The van der Waals surface area contributed by atoms with Crippen LogP contribution in [0.5, 0.6) is 5.75 Å². The minimum Gasteiger partial charge on any atom is -0.488 e. The number of hydrogen-bond donors (Lipinski definition) is 0. The highest BCUT2D eigenvalue weighted by atomic mass is 16.5. The molecular weight excluding hydrogens is 430 g/mol. The van der Waals surface area contributed by atoms with Gasteiger partial charge in [0.15, 0.2) is 5.75 Å². The molecule has 0 radical (unpaired) electrons. The lowest BCUT2D eigenvalue weighted by molar-refractivity contribution is -0.130. The number of imidazole rings is 1. The predicted octanol–water partition coefficient (Wildman–Crippen LogP) is 4.41. The van der Waals surface area contributed by atoms with Crippen molar-refractivity contribution in [2.75, 3.05) is 19.7 Å². The summed E-state index contributed by atoms with van der Waals surface area (Å²) in [5, 5.41) is 4.15. The van der Waals surface area contributed by atoms with Crippen LogP contribution in [-0.4, -0.2) is 50.2 Å². The number of carbonyl (C=O) groups excluding carboxylic acids is 1. The van der Waals surface area contributed by atoms with Crippen LogP contribution in [0, 0.1) is 13.8 Å². The lowest BCUT2D eigenvalue weighted by atomic mass is 9.96. The SMILES string of the molecule is CC(=O)N1CCCC(c2nc3ccc(-c4c(C)noc4C)c4c3n2[C@@H](c2ccccn2)CO4)C1. The third kappa shape index (κ3) is 3.20. The standard InChI is InChI=1S/C26H27N5O3/c1-15-23(16(2)34-29-15)19-9-10-21-24-25(19)33-14-22(20-8-4-5-11-27-20)31(24)26(28-21)18-7-6-12-30(13-18)17(3)32/h4-5,8-11,18,22H,6-7,12-14H2,1-3H3/t18?,22-/m1/s1. The molecule has 8 nitrogen and oxygen atoms in total. The lowest BCUT2D eigenvalue weighted by Crippen LogP contribution is -2.39. The molecule has 2 aliphatic rings. The molecule has 1 saturated heterocycles. The fourth-order valence-corrected chi connectivity index (χ4v) is 5.49. The van der Waals surface area contributed by atoms with Crippen LogP contribution >= 0.6 is 0 Å². The van der Waals surface area contributed by atoms with Crippen molar-refractivity contribution in [3.8, 4) is 16.9 Å². The van der Waals surface area contributed by atoms with Crippen molar-refractivity contribution in [3.63, 3.8) is 0 Å². The summed E-state index contributed by atoms with van der Waals surface area (Å²) >= 11 is 0. The molecule has 8 heteroatoms. The molecule has 3 aromatic heterocycles. The Labute approximate surface area is 197 Å². The third-order valence-electron chi connectivity index (χ3n) is 7.09. The molecule has 6 rings (SSSR count). The van der Waals surface area contributed by atoms with E-state index >= 15 is 0 Å². The van der Waals surface area contributed by atoms with Gasteiger partial charge < -0.3 is 18.7 Å². The first-order valence-corrected chi connectivity index (χ1v) is 11.8. The normalized spacial score (nSPS) is 19.9. The van der Waals surface area contributed by atoms with Crippen LogP contribution in [-0.2, 0) is 4.79 Å². The van der Waals surface area contributed by atoms with Crippen LogP contribution in [0.3, 0.4) is 0 Å². The fourth-order valence-electron chi connectivity index (χ4n) is 5.49. The number of aromatic nitrogens is 4. The number of rotatable bonds is 3. The van der Waals surface area contributed by atoms with E-state index in [2.05, 4.69) is 26.8 Å². The van der Waals surface area contributed by atoms with E-state index in [4.69, 9.17) is 14.2 Å². The number of ether oxygens (including phenoxy) is 1. The Morgan fingerprint density at radius 2 is 2.06 bits per heavy atom. The first-order chi connectivity index (χ1) is 16.5. The summed E-state index contributed by atoms with van der Waals surface area (Å²) < 4.78 is 14.2. The molecule has 174 valence electrons. The van der Waals surface area contributed by atoms with Gasteiger partial charge in [-0.2, -0.15) is 0 Å². The summed E-state index contributed by atoms with van der Waals surface area (Å²) in [6, 6.07) is 9.97. The van der Waals surface area contributed by atoms with Gasteiger partial charge in [0, 0.05) is 37.7 Å². The topological polar surface area (TPSA) is 86.3 Å². The van der Waals surface area contributed by atoms with Gasteiger partial charge in [-0.25, -0.2) is 4.98 Å². The maximum atomic E-state index is 12.1. The molecule has 0 N–H and O–H groups in total. The second-order valence-corrected chi connectivity index (χ2v) is 9.23. The average Bonchev–Trinajstić information content (AvgIpc) is 3.41. The third-order valence-corrected chi connectivity index (χ3v) is 7.09. The van der Waals surface area contributed by atoms with E-state index in [9.17, 15) is 4.79 Å². The summed E-state index contributed by atoms with van der Waals surface area (Å²) in [6.45, 7) is 7.45. The molecule has 1 fully saturated rings. The summed E-state index contributed by atoms with van der Waals surface area (Å²) in [5.74, 6) is 2.84. The lowest BCUT2D eigenvalue weighted by Gasteiger charge is -2.34. The van der Waals surface area contributed by atoms with Crippen molar-refractivity contribution in [2.24, 2.45) is 0 Å². The largest absolute Gasteiger partial charge is 0.488 e. The van der Waals surface area contributed by atoms with Gasteiger partial charge in [0.25, 0.3) is 0 Å². The van der Waals surface area contributed by atoms with Crippen LogP contribution < -0.4 is 4.74 Å². The molecule has 0 aliphatic carbocycles. The van der Waals surface area contributed by atoms with Crippen molar-refractivity contribution in [1.82, 2.24) is 24.6 Å². The second-order valence-electron chi connectivity index (χ2n) is 9.23. The Morgan fingerprint density at radius 3 is 2.79 bits per heavy atom. The number of aryl methyl sites for hydroxylation is 2. The van der Waals surface area contributed by atoms with Gasteiger partial charge in [-0.05, 0) is 51.0 Å². The zero-order valence-electron chi connectivity index (χ0n) is 19.6. The first-order valence-electron chi connectivity index (χ1n) is 11.8. The minimum atomic E-state index is -0.0960. The van der Waals surface area contributed by atoms with E-state index in [1.165, 1.54) is 0 Å². The molecule has 1 aromatic carbocycles. The summed E-state index contributed by atoms with van der Waals surface area (Å²) in [6.07, 6.45) is 3.78. The molecule has 1 amide bonds. The van der Waals surface area contributed by atoms with Crippen molar-refractivity contribution >= 4 is 16.9 Å². The van der Waals surface area contributed by atoms with E-state index in [1.807, 2.05) is 43.1 Å². The van der Waals surface area contributed by atoms with Gasteiger partial charge in [-0.1, -0.05) is 11.2 Å². The first kappa shape index (κ1) is 20.9. The van der Waals surface area contributed by atoms with E-state index < -0.39 is 0 Å². The van der Waals surface area contributed by atoms with Crippen molar-refractivity contribution in [1.29, 1.82) is 0 Å². The maximum absolute atomic E-state index is 12.1. The van der Waals surface area contributed by atoms with Crippen molar-refractivity contribution < 1.29 is 14.1 Å². The van der Waals surface area contributed by atoms with E-state index in [-0.39, 0.29) is 17.9 Å². The van der Waals surface area contributed by atoms with Crippen LogP contribution in [0.1, 0.15) is 54.7 Å². The molecule has 2 aliphatic heterocycles. The molecule has 4 aromatic rings. The summed E-state index contributed by atoms with van der Waals surface area (Å²) in [7, 11) is 0. The highest BCUT2D eigenvalue weighted by Gasteiger charge is 2.35. The Balaban J connectivity index is 1.58. The number of nitrogens with zero attached hydrogens (tertiary/aromatic N) is 5. The summed E-state index contributed by atoms with van der Waals surface area (Å²) in [4.78, 5) is 23.9. The monoisotopic (exact) mass is 457 g/mol. The number of benzene rings is 1. The Morgan fingerprint density at radius 1 is 1.18 bits per heavy atom. The Bertz CT molecular complexity index is 1370. The van der Waals surface area contributed by atoms with Crippen LogP contribution in [0.25, 0.3) is 22.2 Å². The van der Waals surface area contributed by atoms with Gasteiger partial charge in [0.05, 0.1) is 22.5 Å². The number of pyridine rings is 1. The molecule has 0 spiro atoms. The predicted molar refractivity (Wildman–Crippen MR) is 127 cm³/mol. The quantitative estimate of drug-likeness (QED) is 0.453. The smallest absolute Gasteiger partial charge is 0.219 e. The number of hydrogen-bond acceptors (Lipinski definition) is 6. The molecule has 0 saturated carbocycles. The Kier molecular flexibility index (Phi) is 4.90. The van der Waals surface area contributed by atoms with Gasteiger partial charge in [-0.15, -0.1) is 0 Å². The number of piperidine rings is 1. The van der Waals surface area contributed by atoms with Gasteiger partial charge in [-0.3, -0.25) is 9.78 Å². The molecule has 34 heavy (non-hydrogen) atoms. The zero-order chi connectivity index (χ0) is 23.4. The average molecular weight is 458 g/mol. The van der Waals surface area contributed by atoms with Gasteiger partial charge >= 0.3 is 0 Å². The van der Waals surface area contributed by atoms with E-state index in [0.717, 1.165) is 70.3 Å². The van der Waals surface area contributed by atoms with Gasteiger partial charge in [0.2, 0.25) is 5.91 Å². The maximum Gasteiger partial charge on any atom is 0.219 e. The van der Waals surface area contributed by atoms with Crippen molar-refractivity contribution in [3.05, 3.63) is 59.5 Å². The fraction of sp³-hybridized carbons (Fsp3) is 0.385. The number of amides is 1. The molecule has 5 heterocycles. The minimum absolute atomic E-state index is 0.0960. The zero-order valence-corrected chi connectivity index (χ0v) is 19.6. The van der Waals surface area contributed by atoms with Crippen LogP contribution in [0.2, 0.25) is 0 Å². The molecular formula is C26H27N5O3. The van der Waals surface area contributed by atoms with Crippen molar-refractivity contribution in [2.45, 2.75) is 45.6 Å². The highest BCUT2D eigenvalue weighted by Crippen LogP contribution is 2.45. The van der Waals surface area contributed by atoms with Crippen LogP contribution in [0.4, 0.5) is 0 Å². The number of likely N-dealkylation sites (tertiary alicyclic amines) is 1. The molecule has 0 bridgehead atoms. The molecule has 1 unspecified atom stereocenters. The highest BCUT2D eigenvalue weighted by molar-refractivity contribution is 5.93. The van der Waals surface area contributed by atoms with E-state index in [0.29, 0.717) is 13.2 Å².